The quantitative estimate of drug-likeness (QED) is 0.675. The first-order chi connectivity index (χ1) is 6.25. The number of nitrogens with one attached hydrogen (secondary N) is 1. The minimum absolute atomic E-state index is 0. The van der Waals surface area contributed by atoms with E-state index in [1.54, 1.807) is 0 Å². The van der Waals surface area contributed by atoms with Gasteiger partial charge in [-0.05, 0) is 24.6 Å². The van der Waals surface area contributed by atoms with E-state index in [4.69, 9.17) is 5.73 Å². The molecule has 0 aliphatic heterocycles. The van der Waals surface area contributed by atoms with Gasteiger partial charge in [0.1, 0.15) is 0 Å². The fraction of sp³-hybridized carbons (Fsp3) is 0.364. The molecule has 1 aromatic heterocycles. The van der Waals surface area contributed by atoms with Gasteiger partial charge in [-0.1, -0.05) is 27.3 Å². The third-order valence-electron chi connectivity index (χ3n) is 1.66. The smallest absolute Gasteiger partial charge is 0.198 e. The van der Waals surface area contributed by atoms with Crippen molar-refractivity contribution in [3.8, 4) is 0 Å². The average Bonchev–Trinajstić information content (AvgIpc) is 2.48. The van der Waals surface area contributed by atoms with E-state index < -0.39 is 0 Å². The second-order valence-electron chi connectivity index (χ2n) is 2.64. The summed E-state index contributed by atoms with van der Waals surface area (Å²) in [6, 6.07) is 6.00. The third-order valence-corrected chi connectivity index (χ3v) is 1.66. The van der Waals surface area contributed by atoms with Gasteiger partial charge in [0.15, 0.2) is 5.95 Å². The number of imidazole rings is 1. The second kappa shape index (κ2) is 5.27. The lowest BCUT2D eigenvalue weighted by Gasteiger charge is -1.88. The number of hydrogen-bond acceptors (Lipinski definition) is 2. The number of nitrogen functional groups attached to an aromatic ring is 1. The molecule has 0 radical (unpaired) electrons. The molecule has 3 nitrogen and oxygen atoms in total. The van der Waals surface area contributed by atoms with E-state index in [0.717, 1.165) is 11.0 Å². The summed E-state index contributed by atoms with van der Waals surface area (Å²) in [5.41, 5.74) is 8.61. The van der Waals surface area contributed by atoms with E-state index in [0.29, 0.717) is 5.95 Å². The van der Waals surface area contributed by atoms with Crippen LogP contribution in [0.25, 0.3) is 11.0 Å². The van der Waals surface area contributed by atoms with E-state index >= 15 is 0 Å². The van der Waals surface area contributed by atoms with Crippen LogP contribution in [0.2, 0.25) is 0 Å². The van der Waals surface area contributed by atoms with Gasteiger partial charge in [0.2, 0.25) is 0 Å². The molecule has 0 unspecified atom stereocenters. The minimum Gasteiger partial charge on any atom is -0.369 e. The van der Waals surface area contributed by atoms with E-state index in [9.17, 15) is 0 Å². The van der Waals surface area contributed by atoms with Crippen LogP contribution < -0.4 is 5.73 Å². The van der Waals surface area contributed by atoms with Crippen LogP contribution in [-0.2, 0) is 0 Å². The van der Waals surface area contributed by atoms with Crippen LogP contribution in [-0.4, -0.2) is 9.97 Å². The first kappa shape index (κ1) is 12.5. The van der Waals surface area contributed by atoms with E-state index in [-0.39, 0.29) is 7.43 Å². The Bertz CT molecular complexity index is 390. The highest BCUT2D eigenvalue weighted by Gasteiger charge is 1.97. The maximum absolute atomic E-state index is 5.47. The van der Waals surface area contributed by atoms with Gasteiger partial charge in [0, 0.05) is 0 Å². The standard InChI is InChI=1S/C8H9N3.C2H6.CH4/c1-5-2-3-6-7(4-5)11-8(9)10-6;1-2;/h2-4H,1H3,(H3,9,10,11);1-2H3;1H4. The summed E-state index contributed by atoms with van der Waals surface area (Å²) < 4.78 is 0. The summed E-state index contributed by atoms with van der Waals surface area (Å²) >= 11 is 0. The molecule has 0 fully saturated rings. The molecular formula is C11H19N3. The SMILES string of the molecule is C.CC.Cc1ccc2nc(N)[nH]c2c1. The Kier molecular flexibility index (Phi) is 4.70. The summed E-state index contributed by atoms with van der Waals surface area (Å²) in [6.07, 6.45) is 0. The predicted octanol–water partition coefficient (Wildman–Crippen LogP) is 3.12. The van der Waals surface area contributed by atoms with Crippen molar-refractivity contribution in [2.45, 2.75) is 28.2 Å². The van der Waals surface area contributed by atoms with E-state index in [2.05, 4.69) is 9.97 Å². The zero-order valence-corrected chi connectivity index (χ0v) is 8.26. The molecule has 0 spiro atoms. The second-order valence-corrected chi connectivity index (χ2v) is 2.64. The molecule has 0 bridgehead atoms. The molecule has 78 valence electrons. The molecule has 2 aromatic rings. The number of anilines is 1. The van der Waals surface area contributed by atoms with Crippen molar-refractivity contribution in [3.05, 3.63) is 23.8 Å². The number of fused-ring (bicyclic) bond motifs is 1. The van der Waals surface area contributed by atoms with Crippen LogP contribution >= 0.6 is 0 Å². The number of aryl methyl sites for hydroxylation is 1. The summed E-state index contributed by atoms with van der Waals surface area (Å²) in [5, 5.41) is 0. The van der Waals surface area contributed by atoms with Gasteiger partial charge in [-0.15, -0.1) is 0 Å². The maximum atomic E-state index is 5.47. The summed E-state index contributed by atoms with van der Waals surface area (Å²) in [4.78, 5) is 7.04. The lowest BCUT2D eigenvalue weighted by molar-refractivity contribution is 1.35. The van der Waals surface area contributed by atoms with Gasteiger partial charge < -0.3 is 10.7 Å². The number of hydrogen-bond donors (Lipinski definition) is 2. The summed E-state index contributed by atoms with van der Waals surface area (Å²) in [7, 11) is 0. The Morgan fingerprint density at radius 1 is 1.29 bits per heavy atom. The fourth-order valence-corrected chi connectivity index (χ4v) is 1.14. The minimum atomic E-state index is 0. The fourth-order valence-electron chi connectivity index (χ4n) is 1.14. The number of aromatic nitrogens is 2. The molecule has 0 atom stereocenters. The first-order valence-corrected chi connectivity index (χ1v) is 4.47. The Labute approximate surface area is 85.4 Å². The van der Waals surface area contributed by atoms with Crippen LogP contribution in [0.3, 0.4) is 0 Å². The van der Waals surface area contributed by atoms with Crippen LogP contribution in [0.4, 0.5) is 5.95 Å². The van der Waals surface area contributed by atoms with Gasteiger partial charge in [0.25, 0.3) is 0 Å². The molecule has 1 heterocycles. The number of aromatic amines is 1. The molecule has 0 saturated carbocycles. The monoisotopic (exact) mass is 193 g/mol. The summed E-state index contributed by atoms with van der Waals surface area (Å²) in [5.74, 6) is 0.477. The molecular weight excluding hydrogens is 174 g/mol. The Balaban J connectivity index is 0.000000531. The zero-order chi connectivity index (χ0) is 9.84. The zero-order valence-electron chi connectivity index (χ0n) is 8.26. The number of nitrogens with zero attached hydrogens (tertiary/aromatic N) is 1. The van der Waals surface area contributed by atoms with Crippen molar-refractivity contribution in [2.24, 2.45) is 0 Å². The van der Waals surface area contributed by atoms with Crippen LogP contribution in [0.1, 0.15) is 26.8 Å². The summed E-state index contributed by atoms with van der Waals surface area (Å²) in [6.45, 7) is 6.04. The molecule has 3 N–H and O–H groups in total. The highest BCUT2D eigenvalue weighted by molar-refractivity contribution is 5.77. The highest BCUT2D eigenvalue weighted by Crippen LogP contribution is 2.13. The first-order valence-electron chi connectivity index (χ1n) is 4.47. The molecule has 14 heavy (non-hydrogen) atoms. The predicted molar refractivity (Wildman–Crippen MR) is 63.3 cm³/mol. The topological polar surface area (TPSA) is 54.7 Å². The number of nitrogens with two attached hydrogens (primary N) is 1. The van der Waals surface area contributed by atoms with Crippen molar-refractivity contribution < 1.29 is 0 Å². The molecule has 3 heteroatoms. The van der Waals surface area contributed by atoms with Gasteiger partial charge in [0.05, 0.1) is 11.0 Å². The van der Waals surface area contributed by atoms with Crippen molar-refractivity contribution in [1.82, 2.24) is 9.97 Å². The lowest BCUT2D eigenvalue weighted by Crippen LogP contribution is -1.84. The molecule has 2 rings (SSSR count). The van der Waals surface area contributed by atoms with E-state index in [1.807, 2.05) is 39.0 Å². The van der Waals surface area contributed by atoms with Gasteiger partial charge in [-0.3, -0.25) is 0 Å². The Morgan fingerprint density at radius 2 is 1.93 bits per heavy atom. The van der Waals surface area contributed by atoms with Crippen molar-refractivity contribution in [1.29, 1.82) is 0 Å². The molecule has 0 aliphatic rings. The Morgan fingerprint density at radius 3 is 2.57 bits per heavy atom. The molecule has 1 aromatic carbocycles. The highest BCUT2D eigenvalue weighted by atomic mass is 15.0. The normalized spacial score (nSPS) is 8.79. The molecule has 0 amide bonds. The van der Waals surface area contributed by atoms with Crippen LogP contribution in [0, 0.1) is 6.92 Å². The van der Waals surface area contributed by atoms with Gasteiger partial charge in [-0.2, -0.15) is 0 Å². The molecule has 0 aliphatic carbocycles. The maximum Gasteiger partial charge on any atom is 0.198 e. The number of H-pyrrole nitrogens is 1. The largest absolute Gasteiger partial charge is 0.369 e. The average molecular weight is 193 g/mol. The van der Waals surface area contributed by atoms with Gasteiger partial charge in [-0.25, -0.2) is 4.98 Å². The van der Waals surface area contributed by atoms with Crippen molar-refractivity contribution in [2.75, 3.05) is 5.73 Å². The number of rotatable bonds is 0. The van der Waals surface area contributed by atoms with Crippen molar-refractivity contribution >= 4 is 17.0 Å². The van der Waals surface area contributed by atoms with Crippen LogP contribution in [0.5, 0.6) is 0 Å². The van der Waals surface area contributed by atoms with Crippen LogP contribution in [0.15, 0.2) is 18.2 Å². The third kappa shape index (κ3) is 2.49. The van der Waals surface area contributed by atoms with Crippen molar-refractivity contribution in [3.63, 3.8) is 0 Å². The van der Waals surface area contributed by atoms with Gasteiger partial charge >= 0.3 is 0 Å². The molecule has 0 saturated heterocycles. The number of benzene rings is 1. The van der Waals surface area contributed by atoms with E-state index in [1.165, 1.54) is 5.56 Å². The Hall–Kier alpha value is -1.51. The lowest BCUT2D eigenvalue weighted by atomic mass is 10.2.